The van der Waals surface area contributed by atoms with Crippen LogP contribution in [0.15, 0.2) is 132 Å². The zero-order valence-electron chi connectivity index (χ0n) is 22.3. The maximum atomic E-state index is 13.3. The summed E-state index contributed by atoms with van der Waals surface area (Å²) in [5, 5.41) is 0. The van der Waals surface area contributed by atoms with Crippen LogP contribution in [-0.2, 0) is 11.3 Å². The first-order valence-electron chi connectivity index (χ1n) is 12.6. The quantitative estimate of drug-likeness (QED) is 0.125. The van der Waals surface area contributed by atoms with Gasteiger partial charge in [-0.25, -0.2) is 0 Å². The Morgan fingerprint density at radius 1 is 0.861 bits per heavy atom. The van der Waals surface area contributed by atoms with Gasteiger partial charge >= 0.3 is 0 Å². The van der Waals surface area contributed by atoms with Crippen molar-refractivity contribution in [1.82, 2.24) is 0 Å². The van der Waals surface area contributed by atoms with Gasteiger partial charge in [-0.15, -0.1) is 0 Å². The molecule has 0 heterocycles. The lowest BCUT2D eigenvalue weighted by Gasteiger charge is -2.18. The smallest absolute Gasteiger partial charge is 0.192 e. The molecule has 0 aromatic heterocycles. The molecule has 36 heavy (non-hydrogen) atoms. The molecule has 0 saturated heterocycles. The van der Waals surface area contributed by atoms with E-state index in [-0.39, 0.29) is 5.78 Å². The minimum atomic E-state index is -0.0569. The number of allylic oxidation sites excluding steroid dienone is 5. The molecule has 0 atom stereocenters. The third-order valence-electron chi connectivity index (χ3n) is 5.67. The van der Waals surface area contributed by atoms with Gasteiger partial charge in [-0.05, 0) is 42.5 Å². The van der Waals surface area contributed by atoms with E-state index in [1.807, 2.05) is 88.4 Å². The maximum absolute atomic E-state index is 13.3. The van der Waals surface area contributed by atoms with Crippen molar-refractivity contribution in [3.8, 4) is 11.1 Å². The standard InChI is InChI=1S/C32H32O2.C2H6/c1-5-7-16-24(3)29(6-2)32(25(4)31(33)27-19-12-9-13-20-27)34-23-28-21-14-15-22-30(28)26-17-10-8-11-18-26;1-2/h6-22H,2,5,23H2,1,3-4H3;1-2H3/b16-7-,29-24+,32-25-;. The van der Waals surface area contributed by atoms with Crippen molar-refractivity contribution in [3.63, 3.8) is 0 Å². The highest BCUT2D eigenvalue weighted by Crippen LogP contribution is 2.29. The van der Waals surface area contributed by atoms with Gasteiger partial charge < -0.3 is 4.74 Å². The van der Waals surface area contributed by atoms with Crippen molar-refractivity contribution >= 4 is 5.78 Å². The SMILES string of the molecule is C=CC(/C(OCc1ccccc1-c1ccccc1)=C(\C)C(=O)c1ccccc1)=C(C)\C=C/CC.CC. The molecule has 186 valence electrons. The second-order valence-electron chi connectivity index (χ2n) is 8.07. The fourth-order valence-corrected chi connectivity index (χ4v) is 3.81. The first kappa shape index (κ1) is 28.3. The number of benzene rings is 3. The van der Waals surface area contributed by atoms with Crippen molar-refractivity contribution < 1.29 is 9.53 Å². The first-order valence-corrected chi connectivity index (χ1v) is 12.6. The third kappa shape index (κ3) is 7.55. The molecule has 0 unspecified atom stereocenters. The summed E-state index contributed by atoms with van der Waals surface area (Å²) in [4.78, 5) is 13.3. The molecule has 0 N–H and O–H groups in total. The molecule has 0 amide bonds. The van der Waals surface area contributed by atoms with E-state index < -0.39 is 0 Å². The van der Waals surface area contributed by atoms with E-state index in [1.54, 1.807) is 6.08 Å². The Morgan fingerprint density at radius 2 is 1.44 bits per heavy atom. The van der Waals surface area contributed by atoms with Crippen LogP contribution < -0.4 is 0 Å². The van der Waals surface area contributed by atoms with Crippen LogP contribution in [0.25, 0.3) is 11.1 Å². The van der Waals surface area contributed by atoms with Gasteiger partial charge in [0.15, 0.2) is 5.78 Å². The number of ether oxygens (including phenoxy) is 1. The molecule has 3 rings (SSSR count). The normalized spacial score (nSPS) is 12.1. The minimum absolute atomic E-state index is 0.0569. The molecule has 2 nitrogen and oxygen atoms in total. The zero-order valence-corrected chi connectivity index (χ0v) is 22.3. The predicted octanol–water partition coefficient (Wildman–Crippen LogP) is 9.52. The minimum Gasteiger partial charge on any atom is -0.488 e. The van der Waals surface area contributed by atoms with Gasteiger partial charge in [-0.3, -0.25) is 4.79 Å². The van der Waals surface area contributed by atoms with E-state index in [2.05, 4.69) is 49.9 Å². The summed E-state index contributed by atoms with van der Waals surface area (Å²) >= 11 is 0. The average molecular weight is 479 g/mol. The summed E-state index contributed by atoms with van der Waals surface area (Å²) < 4.78 is 6.44. The van der Waals surface area contributed by atoms with Gasteiger partial charge in [0, 0.05) is 16.7 Å². The number of carbonyl (C=O) groups excluding carboxylic acids is 1. The number of ketones is 1. The molecule has 3 aromatic carbocycles. The highest BCUT2D eigenvalue weighted by molar-refractivity contribution is 6.09. The van der Waals surface area contributed by atoms with E-state index in [0.717, 1.165) is 34.3 Å². The van der Waals surface area contributed by atoms with E-state index >= 15 is 0 Å². The molecule has 0 radical (unpaired) electrons. The molecular weight excluding hydrogens is 440 g/mol. The first-order chi connectivity index (χ1) is 17.6. The van der Waals surface area contributed by atoms with Crippen molar-refractivity contribution in [3.05, 3.63) is 143 Å². The fourth-order valence-electron chi connectivity index (χ4n) is 3.81. The van der Waals surface area contributed by atoms with Gasteiger partial charge in [-0.1, -0.05) is 131 Å². The molecule has 0 fully saturated rings. The van der Waals surface area contributed by atoms with Crippen molar-refractivity contribution in [2.45, 2.75) is 47.6 Å². The molecule has 0 aliphatic heterocycles. The second kappa shape index (κ2) is 15.2. The Hall–Kier alpha value is -3.91. The lowest BCUT2D eigenvalue weighted by atomic mass is 9.97. The lowest BCUT2D eigenvalue weighted by molar-refractivity contribution is 0.102. The summed E-state index contributed by atoms with van der Waals surface area (Å²) in [6.45, 7) is 14.3. The molecule has 0 aliphatic carbocycles. The number of rotatable bonds is 10. The number of hydrogen-bond acceptors (Lipinski definition) is 2. The van der Waals surface area contributed by atoms with E-state index in [0.29, 0.717) is 23.5 Å². The predicted molar refractivity (Wildman–Crippen MR) is 154 cm³/mol. The summed E-state index contributed by atoms with van der Waals surface area (Å²) in [6, 6.07) is 27.8. The highest BCUT2D eigenvalue weighted by atomic mass is 16.5. The van der Waals surface area contributed by atoms with Gasteiger partial charge in [0.1, 0.15) is 12.4 Å². The summed E-state index contributed by atoms with van der Waals surface area (Å²) in [5.74, 6) is 0.503. The Morgan fingerprint density at radius 3 is 2.06 bits per heavy atom. The molecule has 0 aliphatic rings. The van der Waals surface area contributed by atoms with Crippen LogP contribution in [0.3, 0.4) is 0 Å². The molecule has 0 bridgehead atoms. The second-order valence-corrected chi connectivity index (χ2v) is 8.07. The Kier molecular flexibility index (Phi) is 11.9. The highest BCUT2D eigenvalue weighted by Gasteiger charge is 2.18. The fraction of sp³-hybridized carbons (Fsp3) is 0.206. The molecular formula is C34H38O2. The molecule has 2 heteroatoms. The monoisotopic (exact) mass is 478 g/mol. The summed E-state index contributed by atoms with van der Waals surface area (Å²) in [6.07, 6.45) is 6.84. The lowest BCUT2D eigenvalue weighted by Crippen LogP contribution is -2.09. The van der Waals surface area contributed by atoms with E-state index in [9.17, 15) is 4.79 Å². The Labute approximate surface area is 217 Å². The van der Waals surface area contributed by atoms with Crippen molar-refractivity contribution in [2.75, 3.05) is 0 Å². The van der Waals surface area contributed by atoms with Crippen LogP contribution >= 0.6 is 0 Å². The van der Waals surface area contributed by atoms with E-state index in [4.69, 9.17) is 4.74 Å². The average Bonchev–Trinajstić information content (AvgIpc) is 2.95. The third-order valence-corrected chi connectivity index (χ3v) is 5.67. The molecule has 0 spiro atoms. The van der Waals surface area contributed by atoms with Crippen LogP contribution in [0.1, 0.15) is 57.0 Å². The van der Waals surface area contributed by atoms with Crippen molar-refractivity contribution in [1.29, 1.82) is 0 Å². The van der Waals surface area contributed by atoms with Crippen LogP contribution in [0.4, 0.5) is 0 Å². The van der Waals surface area contributed by atoms with Gasteiger partial charge in [0.25, 0.3) is 0 Å². The van der Waals surface area contributed by atoms with Crippen LogP contribution in [0.5, 0.6) is 0 Å². The van der Waals surface area contributed by atoms with E-state index in [1.165, 1.54) is 0 Å². The summed E-state index contributed by atoms with van der Waals surface area (Å²) in [7, 11) is 0. The van der Waals surface area contributed by atoms with Crippen LogP contribution in [0.2, 0.25) is 0 Å². The Bertz CT molecular complexity index is 1210. The Balaban J connectivity index is 0.00000222. The number of hydrogen-bond donors (Lipinski definition) is 0. The van der Waals surface area contributed by atoms with Crippen molar-refractivity contribution in [2.24, 2.45) is 0 Å². The van der Waals surface area contributed by atoms with Gasteiger partial charge in [-0.2, -0.15) is 0 Å². The molecule has 0 saturated carbocycles. The maximum Gasteiger partial charge on any atom is 0.192 e. The van der Waals surface area contributed by atoms with Crippen LogP contribution in [-0.4, -0.2) is 5.78 Å². The molecule has 3 aromatic rings. The number of Topliss-reactive ketones (excluding diaryl/α,β-unsaturated/α-hetero) is 1. The topological polar surface area (TPSA) is 26.3 Å². The zero-order chi connectivity index (χ0) is 26.3. The largest absolute Gasteiger partial charge is 0.488 e. The number of carbonyl (C=O) groups is 1. The van der Waals surface area contributed by atoms with Gasteiger partial charge in [0.05, 0.1) is 0 Å². The van der Waals surface area contributed by atoms with Gasteiger partial charge in [0.2, 0.25) is 0 Å². The summed E-state index contributed by atoms with van der Waals surface area (Å²) in [5.41, 5.74) is 6.31. The van der Waals surface area contributed by atoms with Crippen LogP contribution in [0, 0.1) is 0 Å².